The van der Waals surface area contributed by atoms with Gasteiger partial charge >= 0.3 is 0 Å². The highest BCUT2D eigenvalue weighted by atomic mass is 32.2. The Labute approximate surface area is 109 Å². The molecule has 0 aliphatic heterocycles. The van der Waals surface area contributed by atoms with Crippen molar-refractivity contribution in [2.45, 2.75) is 38.2 Å². The van der Waals surface area contributed by atoms with E-state index in [0.29, 0.717) is 17.4 Å². The van der Waals surface area contributed by atoms with E-state index in [0.717, 1.165) is 12.7 Å². The van der Waals surface area contributed by atoms with Gasteiger partial charge in [0.2, 0.25) is 0 Å². The lowest BCUT2D eigenvalue weighted by Crippen LogP contribution is -2.15. The topological polar surface area (TPSA) is 69.4 Å². The predicted molar refractivity (Wildman–Crippen MR) is 73.5 cm³/mol. The van der Waals surface area contributed by atoms with Crippen molar-refractivity contribution in [3.05, 3.63) is 18.2 Å². The minimum absolute atomic E-state index is 0.0522. The zero-order valence-electron chi connectivity index (χ0n) is 11.3. The Kier molecular flexibility index (Phi) is 4.62. The molecule has 0 aliphatic carbocycles. The second-order valence-corrected chi connectivity index (χ2v) is 7.05. The van der Waals surface area contributed by atoms with Crippen LogP contribution in [0.5, 0.6) is 5.75 Å². The number of benzene rings is 1. The van der Waals surface area contributed by atoms with Gasteiger partial charge in [0, 0.05) is 6.26 Å². The number of rotatable bonds is 5. The molecular formula is C13H21NO3S. The van der Waals surface area contributed by atoms with Gasteiger partial charge in [-0.05, 0) is 37.5 Å². The van der Waals surface area contributed by atoms with Crippen LogP contribution in [0.15, 0.2) is 23.1 Å². The molecule has 102 valence electrons. The van der Waals surface area contributed by atoms with Crippen molar-refractivity contribution in [1.29, 1.82) is 0 Å². The molecule has 18 heavy (non-hydrogen) atoms. The van der Waals surface area contributed by atoms with Crippen LogP contribution in [0.3, 0.4) is 0 Å². The molecule has 0 saturated carbocycles. The minimum atomic E-state index is -3.23. The van der Waals surface area contributed by atoms with Crippen molar-refractivity contribution in [2.24, 2.45) is 5.92 Å². The molecule has 4 nitrogen and oxygen atoms in total. The van der Waals surface area contributed by atoms with Crippen molar-refractivity contribution < 1.29 is 13.2 Å². The molecule has 2 N–H and O–H groups in total. The molecule has 1 aromatic rings. The Balaban J connectivity index is 2.87. The number of hydrogen-bond donors (Lipinski definition) is 1. The van der Waals surface area contributed by atoms with Crippen LogP contribution >= 0.6 is 0 Å². The lowest BCUT2D eigenvalue weighted by molar-refractivity contribution is 0.194. The summed E-state index contributed by atoms with van der Waals surface area (Å²) in [5, 5.41) is 0. The van der Waals surface area contributed by atoms with Crippen LogP contribution in [-0.4, -0.2) is 20.8 Å². The van der Waals surface area contributed by atoms with Crippen molar-refractivity contribution in [3.63, 3.8) is 0 Å². The number of ether oxygens (including phenoxy) is 1. The van der Waals surface area contributed by atoms with Crippen LogP contribution in [0.2, 0.25) is 0 Å². The standard InChI is InChI=1S/C13H21NO3S/c1-9(2)7-10(3)17-13-6-5-11(8-12(13)14)18(4,15)16/h5-6,8-10H,7,14H2,1-4H3. The van der Waals surface area contributed by atoms with Crippen molar-refractivity contribution in [3.8, 4) is 5.75 Å². The normalized spacial score (nSPS) is 13.6. The molecular weight excluding hydrogens is 250 g/mol. The second kappa shape index (κ2) is 5.61. The van der Waals surface area contributed by atoms with Gasteiger partial charge < -0.3 is 10.5 Å². The predicted octanol–water partition coefficient (Wildman–Crippen LogP) is 2.49. The zero-order chi connectivity index (χ0) is 13.9. The maximum atomic E-state index is 11.4. The van der Waals surface area contributed by atoms with Crippen LogP contribution in [-0.2, 0) is 9.84 Å². The first kappa shape index (κ1) is 14.8. The third-order valence-corrected chi connectivity index (χ3v) is 3.65. The Morgan fingerprint density at radius 1 is 1.28 bits per heavy atom. The maximum absolute atomic E-state index is 11.4. The molecule has 1 aromatic carbocycles. The summed E-state index contributed by atoms with van der Waals surface area (Å²) in [5.41, 5.74) is 6.16. The van der Waals surface area contributed by atoms with E-state index in [-0.39, 0.29) is 11.0 Å². The van der Waals surface area contributed by atoms with Gasteiger partial charge in [-0.3, -0.25) is 0 Å². The highest BCUT2D eigenvalue weighted by Crippen LogP contribution is 2.26. The lowest BCUT2D eigenvalue weighted by atomic mass is 10.1. The quantitative estimate of drug-likeness (QED) is 0.835. The smallest absolute Gasteiger partial charge is 0.175 e. The van der Waals surface area contributed by atoms with Gasteiger partial charge in [0.25, 0.3) is 0 Å². The summed E-state index contributed by atoms with van der Waals surface area (Å²) in [4.78, 5) is 0.212. The number of hydrogen-bond acceptors (Lipinski definition) is 4. The third-order valence-electron chi connectivity index (χ3n) is 2.54. The largest absolute Gasteiger partial charge is 0.489 e. The van der Waals surface area contributed by atoms with E-state index >= 15 is 0 Å². The maximum Gasteiger partial charge on any atom is 0.175 e. The molecule has 0 heterocycles. The van der Waals surface area contributed by atoms with Gasteiger partial charge in [0.1, 0.15) is 5.75 Å². The average molecular weight is 271 g/mol. The molecule has 0 radical (unpaired) electrons. The van der Waals surface area contributed by atoms with Gasteiger partial charge in [-0.25, -0.2) is 8.42 Å². The Morgan fingerprint density at radius 2 is 1.89 bits per heavy atom. The van der Waals surface area contributed by atoms with Crippen LogP contribution in [0.25, 0.3) is 0 Å². The first-order valence-corrected chi connectivity index (χ1v) is 7.85. The first-order chi connectivity index (χ1) is 8.20. The fourth-order valence-corrected chi connectivity index (χ4v) is 2.45. The molecule has 0 amide bonds. The average Bonchev–Trinajstić information content (AvgIpc) is 2.18. The summed E-state index contributed by atoms with van der Waals surface area (Å²) in [6.45, 7) is 6.22. The van der Waals surface area contributed by atoms with Gasteiger partial charge in [-0.2, -0.15) is 0 Å². The van der Waals surface area contributed by atoms with Gasteiger partial charge in [0.15, 0.2) is 9.84 Å². The molecule has 0 aromatic heterocycles. The third kappa shape index (κ3) is 4.22. The molecule has 1 rings (SSSR count). The Hall–Kier alpha value is -1.23. The number of sulfone groups is 1. The van der Waals surface area contributed by atoms with E-state index in [1.165, 1.54) is 12.1 Å². The monoisotopic (exact) mass is 271 g/mol. The van der Waals surface area contributed by atoms with Gasteiger partial charge in [-0.15, -0.1) is 0 Å². The van der Waals surface area contributed by atoms with E-state index in [1.54, 1.807) is 6.07 Å². The lowest BCUT2D eigenvalue weighted by Gasteiger charge is -2.18. The molecule has 0 saturated heterocycles. The van der Waals surface area contributed by atoms with Crippen molar-refractivity contribution in [2.75, 3.05) is 12.0 Å². The highest BCUT2D eigenvalue weighted by Gasteiger charge is 2.12. The Morgan fingerprint density at radius 3 is 2.33 bits per heavy atom. The number of nitrogens with two attached hydrogens (primary N) is 1. The molecule has 0 bridgehead atoms. The van der Waals surface area contributed by atoms with Crippen molar-refractivity contribution >= 4 is 15.5 Å². The van der Waals surface area contributed by atoms with E-state index in [2.05, 4.69) is 13.8 Å². The minimum Gasteiger partial charge on any atom is -0.489 e. The molecule has 0 aliphatic rings. The van der Waals surface area contributed by atoms with Gasteiger partial charge in [0.05, 0.1) is 16.7 Å². The SMILES string of the molecule is CC(C)CC(C)Oc1ccc(S(C)(=O)=O)cc1N. The summed E-state index contributed by atoms with van der Waals surface area (Å²) < 4.78 is 28.4. The fourth-order valence-electron chi connectivity index (χ4n) is 1.79. The summed E-state index contributed by atoms with van der Waals surface area (Å²) in [6.07, 6.45) is 2.13. The second-order valence-electron chi connectivity index (χ2n) is 5.03. The first-order valence-electron chi connectivity index (χ1n) is 5.96. The summed E-state index contributed by atoms with van der Waals surface area (Å²) in [5.74, 6) is 1.08. The molecule has 1 unspecified atom stereocenters. The van der Waals surface area contributed by atoms with E-state index in [1.807, 2.05) is 6.92 Å². The molecule has 0 fully saturated rings. The van der Waals surface area contributed by atoms with E-state index in [9.17, 15) is 8.42 Å². The van der Waals surface area contributed by atoms with Crippen LogP contribution < -0.4 is 10.5 Å². The molecule has 0 spiro atoms. The van der Waals surface area contributed by atoms with Crippen molar-refractivity contribution in [1.82, 2.24) is 0 Å². The summed E-state index contributed by atoms with van der Waals surface area (Å²) in [7, 11) is -3.23. The summed E-state index contributed by atoms with van der Waals surface area (Å²) >= 11 is 0. The highest BCUT2D eigenvalue weighted by molar-refractivity contribution is 7.90. The van der Waals surface area contributed by atoms with E-state index < -0.39 is 9.84 Å². The number of anilines is 1. The van der Waals surface area contributed by atoms with E-state index in [4.69, 9.17) is 10.5 Å². The molecule has 1 atom stereocenters. The Bertz CT molecular complexity index is 509. The van der Waals surface area contributed by atoms with Crippen LogP contribution in [0, 0.1) is 5.92 Å². The van der Waals surface area contributed by atoms with Crippen LogP contribution in [0.1, 0.15) is 27.2 Å². The fraction of sp³-hybridized carbons (Fsp3) is 0.538. The number of nitrogen functional groups attached to an aromatic ring is 1. The summed E-state index contributed by atoms with van der Waals surface area (Å²) in [6, 6.07) is 4.57. The van der Waals surface area contributed by atoms with Crippen LogP contribution in [0.4, 0.5) is 5.69 Å². The molecule has 5 heteroatoms. The zero-order valence-corrected chi connectivity index (χ0v) is 12.1. The van der Waals surface area contributed by atoms with Gasteiger partial charge in [-0.1, -0.05) is 13.8 Å².